The van der Waals surface area contributed by atoms with E-state index in [1.54, 1.807) is 18.2 Å². The van der Waals surface area contributed by atoms with Crippen molar-refractivity contribution in [1.82, 2.24) is 10.2 Å². The minimum Gasteiger partial charge on any atom is -0.504 e. The zero-order valence-electron chi connectivity index (χ0n) is 11.6. The molecule has 5 nitrogen and oxygen atoms in total. The summed E-state index contributed by atoms with van der Waals surface area (Å²) in [5.41, 5.74) is 1.02. The molecule has 0 saturated carbocycles. The third-order valence-electron chi connectivity index (χ3n) is 3.58. The first-order valence-electron chi connectivity index (χ1n) is 6.60. The van der Waals surface area contributed by atoms with Crippen LogP contribution in [0.15, 0.2) is 24.8 Å². The van der Waals surface area contributed by atoms with Gasteiger partial charge in [0.15, 0.2) is 11.5 Å². The van der Waals surface area contributed by atoms with Gasteiger partial charge in [0.05, 0.1) is 24.8 Å². The number of hydrogen-bond acceptors (Lipinski definition) is 5. The lowest BCUT2D eigenvalue weighted by molar-refractivity contribution is 0.200. The Morgan fingerprint density at radius 2 is 2.20 bits per heavy atom. The van der Waals surface area contributed by atoms with Gasteiger partial charge < -0.3 is 15.2 Å². The third kappa shape index (κ3) is 2.62. The molecule has 0 aliphatic carbocycles. The summed E-state index contributed by atoms with van der Waals surface area (Å²) in [7, 11) is 1.50. The van der Waals surface area contributed by atoms with Crippen LogP contribution in [0.1, 0.15) is 17.2 Å². The Labute approximate surface area is 119 Å². The molecule has 2 N–H and O–H groups in total. The molecule has 20 heavy (non-hydrogen) atoms. The van der Waals surface area contributed by atoms with Crippen LogP contribution in [-0.4, -0.2) is 43.3 Å². The van der Waals surface area contributed by atoms with E-state index in [-0.39, 0.29) is 11.8 Å². The summed E-state index contributed by atoms with van der Waals surface area (Å²) in [5.74, 6) is 0.399. The van der Waals surface area contributed by atoms with E-state index >= 15 is 0 Å². The molecular weight excluding hydrogens is 254 g/mol. The highest BCUT2D eigenvalue weighted by molar-refractivity contribution is 5.56. The van der Waals surface area contributed by atoms with Crippen LogP contribution in [0.25, 0.3) is 0 Å². The van der Waals surface area contributed by atoms with Gasteiger partial charge in [-0.25, -0.2) is 0 Å². The number of nitriles is 1. The van der Waals surface area contributed by atoms with Gasteiger partial charge in [0.25, 0.3) is 0 Å². The molecule has 1 aliphatic rings. The first kappa shape index (κ1) is 14.4. The number of hydrogen-bond donors (Lipinski definition) is 2. The number of ether oxygens (including phenoxy) is 1. The van der Waals surface area contributed by atoms with Gasteiger partial charge in [-0.15, -0.1) is 6.58 Å². The molecule has 1 saturated heterocycles. The number of rotatable bonds is 4. The molecule has 1 aliphatic heterocycles. The van der Waals surface area contributed by atoms with Crippen LogP contribution in [0.2, 0.25) is 0 Å². The van der Waals surface area contributed by atoms with Crippen LogP contribution in [0.5, 0.6) is 11.5 Å². The van der Waals surface area contributed by atoms with E-state index in [2.05, 4.69) is 22.9 Å². The van der Waals surface area contributed by atoms with Crippen molar-refractivity contribution in [1.29, 1.82) is 5.26 Å². The molecule has 0 unspecified atom stereocenters. The number of piperazine rings is 1. The van der Waals surface area contributed by atoms with Crippen LogP contribution in [0.4, 0.5) is 0 Å². The molecule has 0 spiro atoms. The first-order chi connectivity index (χ1) is 9.72. The maximum Gasteiger partial charge on any atom is 0.164 e. The second kappa shape index (κ2) is 6.42. The second-order valence-electron chi connectivity index (χ2n) is 4.66. The van der Waals surface area contributed by atoms with Gasteiger partial charge in [0.1, 0.15) is 0 Å². The average molecular weight is 273 g/mol. The highest BCUT2D eigenvalue weighted by Gasteiger charge is 2.26. The Morgan fingerprint density at radius 1 is 1.50 bits per heavy atom. The van der Waals surface area contributed by atoms with Crippen LogP contribution >= 0.6 is 0 Å². The predicted octanol–water partition coefficient (Wildman–Crippen LogP) is 1.40. The molecule has 0 aromatic heterocycles. The summed E-state index contributed by atoms with van der Waals surface area (Å²) < 4.78 is 5.14. The second-order valence-corrected chi connectivity index (χ2v) is 4.66. The van der Waals surface area contributed by atoms with E-state index < -0.39 is 0 Å². The Balaban J connectivity index is 2.47. The Bertz CT molecular complexity index is 531. The van der Waals surface area contributed by atoms with Crippen molar-refractivity contribution in [3.05, 3.63) is 35.9 Å². The van der Waals surface area contributed by atoms with Gasteiger partial charge in [-0.1, -0.05) is 6.08 Å². The van der Waals surface area contributed by atoms with Crippen LogP contribution in [0.3, 0.4) is 0 Å². The summed E-state index contributed by atoms with van der Waals surface area (Å²) in [6, 6.07) is 5.22. The minimum atomic E-state index is -0.193. The summed E-state index contributed by atoms with van der Waals surface area (Å²) in [5, 5.41) is 22.9. The van der Waals surface area contributed by atoms with Gasteiger partial charge in [0, 0.05) is 31.7 Å². The molecule has 106 valence electrons. The molecule has 1 heterocycles. The quantitative estimate of drug-likeness (QED) is 0.812. The SMILES string of the molecule is C=C[C@H](c1c(C#N)ccc(OC)c1O)N1CCNCC1. The average Bonchev–Trinajstić information content (AvgIpc) is 2.50. The van der Waals surface area contributed by atoms with Crippen molar-refractivity contribution in [2.45, 2.75) is 6.04 Å². The standard InChI is InChI=1S/C15H19N3O2/c1-3-12(18-8-6-17-7-9-18)14-11(10-16)4-5-13(20-2)15(14)19/h3-5,12,17,19H,1,6-9H2,2H3/t12-/m1/s1. The smallest absolute Gasteiger partial charge is 0.164 e. The van der Waals surface area contributed by atoms with Gasteiger partial charge in [-0.2, -0.15) is 5.26 Å². The van der Waals surface area contributed by atoms with E-state index in [1.165, 1.54) is 7.11 Å². The van der Waals surface area contributed by atoms with Crippen LogP contribution in [0, 0.1) is 11.3 Å². The molecule has 0 radical (unpaired) electrons. The van der Waals surface area contributed by atoms with E-state index in [0.717, 1.165) is 26.2 Å². The number of aromatic hydroxyl groups is 1. The zero-order chi connectivity index (χ0) is 14.5. The highest BCUT2D eigenvalue weighted by Crippen LogP contribution is 2.39. The molecular formula is C15H19N3O2. The van der Waals surface area contributed by atoms with Crippen molar-refractivity contribution < 1.29 is 9.84 Å². The van der Waals surface area contributed by atoms with Crippen molar-refractivity contribution in [2.24, 2.45) is 0 Å². The molecule has 1 atom stereocenters. The molecule has 5 heteroatoms. The number of methoxy groups -OCH3 is 1. The number of benzene rings is 1. The van der Waals surface area contributed by atoms with E-state index in [9.17, 15) is 10.4 Å². The van der Waals surface area contributed by atoms with Crippen molar-refractivity contribution in [2.75, 3.05) is 33.3 Å². The summed E-state index contributed by atoms with van der Waals surface area (Å²) >= 11 is 0. The van der Waals surface area contributed by atoms with Crippen molar-refractivity contribution >= 4 is 0 Å². The summed E-state index contributed by atoms with van der Waals surface area (Å²) in [6.07, 6.45) is 1.76. The lowest BCUT2D eigenvalue weighted by atomic mass is 9.97. The fourth-order valence-electron chi connectivity index (χ4n) is 2.56. The number of phenols is 1. The Morgan fingerprint density at radius 3 is 2.75 bits per heavy atom. The van der Waals surface area contributed by atoms with E-state index in [4.69, 9.17) is 4.74 Å². The normalized spacial score (nSPS) is 17.2. The summed E-state index contributed by atoms with van der Waals surface area (Å²) in [4.78, 5) is 2.19. The topological polar surface area (TPSA) is 68.5 Å². The number of nitrogens with one attached hydrogen (secondary N) is 1. The molecule has 0 bridgehead atoms. The molecule has 1 fully saturated rings. The van der Waals surface area contributed by atoms with Gasteiger partial charge in [0.2, 0.25) is 0 Å². The maximum absolute atomic E-state index is 10.4. The van der Waals surface area contributed by atoms with Gasteiger partial charge >= 0.3 is 0 Å². The fraction of sp³-hybridized carbons (Fsp3) is 0.400. The van der Waals surface area contributed by atoms with Crippen LogP contribution < -0.4 is 10.1 Å². The lowest BCUT2D eigenvalue weighted by Gasteiger charge is -2.34. The number of phenolic OH excluding ortho intramolecular Hbond substituents is 1. The first-order valence-corrected chi connectivity index (χ1v) is 6.60. The van der Waals surface area contributed by atoms with Gasteiger partial charge in [-0.3, -0.25) is 4.90 Å². The predicted molar refractivity (Wildman–Crippen MR) is 76.8 cm³/mol. The summed E-state index contributed by atoms with van der Waals surface area (Å²) in [6.45, 7) is 7.32. The maximum atomic E-state index is 10.4. The number of nitrogens with zero attached hydrogens (tertiary/aromatic N) is 2. The highest BCUT2D eigenvalue weighted by atomic mass is 16.5. The largest absolute Gasteiger partial charge is 0.504 e. The molecule has 2 rings (SSSR count). The Kier molecular flexibility index (Phi) is 4.61. The minimum absolute atomic E-state index is 0.0231. The van der Waals surface area contributed by atoms with Gasteiger partial charge in [-0.05, 0) is 12.1 Å². The Hall–Kier alpha value is -2.03. The van der Waals surface area contributed by atoms with Crippen molar-refractivity contribution in [3.63, 3.8) is 0 Å². The zero-order valence-corrected chi connectivity index (χ0v) is 11.6. The fourth-order valence-corrected chi connectivity index (χ4v) is 2.56. The monoisotopic (exact) mass is 273 g/mol. The lowest BCUT2D eigenvalue weighted by Crippen LogP contribution is -2.44. The molecule has 1 aromatic carbocycles. The van der Waals surface area contributed by atoms with Crippen molar-refractivity contribution in [3.8, 4) is 17.6 Å². The van der Waals surface area contributed by atoms with Crippen LogP contribution in [-0.2, 0) is 0 Å². The molecule has 1 aromatic rings. The van der Waals surface area contributed by atoms with E-state index in [1.807, 2.05) is 0 Å². The molecule has 0 amide bonds. The third-order valence-corrected chi connectivity index (χ3v) is 3.58. The van der Waals surface area contributed by atoms with E-state index in [0.29, 0.717) is 16.9 Å².